The van der Waals surface area contributed by atoms with Crippen LogP contribution >= 0.6 is 0 Å². The van der Waals surface area contributed by atoms with Crippen molar-refractivity contribution < 1.29 is 27.0 Å². The Balaban J connectivity index is 2.01. The Morgan fingerprint density at radius 1 is 0.882 bits per heavy atom. The van der Waals surface area contributed by atoms with Gasteiger partial charge in [0.05, 0.1) is 37.1 Å². The van der Waals surface area contributed by atoms with Crippen molar-refractivity contribution in [1.82, 2.24) is 4.57 Å². The number of fused-ring (bicyclic) bond motifs is 1. The zero-order valence-corrected chi connectivity index (χ0v) is 19.6. The van der Waals surface area contributed by atoms with Gasteiger partial charge >= 0.3 is 0 Å². The number of hydrogen-bond acceptors (Lipinski definition) is 6. The summed E-state index contributed by atoms with van der Waals surface area (Å²) in [5.41, 5.74) is 0.593. The third kappa shape index (κ3) is 4.22. The molecule has 4 aromatic rings. The smallest absolute Gasteiger partial charge is 0.211 e. The molecule has 0 atom stereocenters. The van der Waals surface area contributed by atoms with E-state index < -0.39 is 26.0 Å². The molecule has 0 saturated heterocycles. The quantitative estimate of drug-likeness (QED) is 0.369. The summed E-state index contributed by atoms with van der Waals surface area (Å²) in [6.45, 7) is 0.245. The summed E-state index contributed by atoms with van der Waals surface area (Å²) in [4.78, 5) is 12.8. The Morgan fingerprint density at radius 3 is 2.21 bits per heavy atom. The molecule has 0 bridgehead atoms. The van der Waals surface area contributed by atoms with Crippen LogP contribution in [0.5, 0.6) is 17.2 Å². The molecule has 0 aliphatic heterocycles. The third-order valence-electron chi connectivity index (χ3n) is 5.45. The molecule has 0 saturated carbocycles. The molecule has 0 N–H and O–H groups in total. The fourth-order valence-electron chi connectivity index (χ4n) is 3.72. The summed E-state index contributed by atoms with van der Waals surface area (Å²) in [6, 6.07) is 14.7. The van der Waals surface area contributed by atoms with E-state index in [-0.39, 0.29) is 22.6 Å². The Labute approximate surface area is 195 Å². The Morgan fingerprint density at radius 2 is 1.56 bits per heavy atom. The summed E-state index contributed by atoms with van der Waals surface area (Å²) in [6.07, 6.45) is 1.30. The molecule has 4 rings (SSSR count). The zero-order valence-electron chi connectivity index (χ0n) is 18.7. The first-order chi connectivity index (χ1) is 16.3. The number of rotatable bonds is 7. The van der Waals surface area contributed by atoms with Crippen molar-refractivity contribution in [2.45, 2.75) is 16.3 Å². The van der Waals surface area contributed by atoms with Crippen LogP contribution in [0.3, 0.4) is 0 Å². The van der Waals surface area contributed by atoms with Gasteiger partial charge in [-0.05, 0) is 48.0 Å². The molecule has 0 amide bonds. The van der Waals surface area contributed by atoms with Crippen LogP contribution < -0.4 is 19.6 Å². The Kier molecular flexibility index (Phi) is 6.30. The summed E-state index contributed by atoms with van der Waals surface area (Å²) in [5.74, 6) is 0.741. The molecule has 9 heteroatoms. The molecular formula is C25H22FNO6S. The van der Waals surface area contributed by atoms with Gasteiger partial charge in [0, 0.05) is 18.8 Å². The van der Waals surface area contributed by atoms with Crippen molar-refractivity contribution in [1.29, 1.82) is 0 Å². The molecular weight excluding hydrogens is 461 g/mol. The lowest BCUT2D eigenvalue weighted by Gasteiger charge is -2.17. The van der Waals surface area contributed by atoms with Crippen LogP contribution in [0.2, 0.25) is 0 Å². The van der Waals surface area contributed by atoms with Crippen molar-refractivity contribution in [2.75, 3.05) is 21.3 Å². The fourth-order valence-corrected chi connectivity index (χ4v) is 5.09. The molecule has 1 aromatic heterocycles. The third-order valence-corrected chi connectivity index (χ3v) is 7.22. The fraction of sp³-hybridized carbons (Fsp3) is 0.160. The van der Waals surface area contributed by atoms with Crippen molar-refractivity contribution in [3.05, 3.63) is 88.5 Å². The number of nitrogens with zero attached hydrogens (tertiary/aromatic N) is 1. The summed E-state index contributed by atoms with van der Waals surface area (Å²) >= 11 is 0. The number of benzene rings is 3. The van der Waals surface area contributed by atoms with Crippen LogP contribution in [0.15, 0.2) is 81.4 Å². The zero-order chi connectivity index (χ0) is 24.5. The number of pyridine rings is 1. The number of halogens is 1. The normalized spacial score (nSPS) is 11.4. The highest BCUT2D eigenvalue weighted by molar-refractivity contribution is 7.91. The van der Waals surface area contributed by atoms with Gasteiger partial charge in [0.15, 0.2) is 11.5 Å². The van der Waals surface area contributed by atoms with Gasteiger partial charge in [0.1, 0.15) is 16.5 Å². The first-order valence-corrected chi connectivity index (χ1v) is 11.7. The maximum absolute atomic E-state index is 13.4. The van der Waals surface area contributed by atoms with Crippen LogP contribution in [0.4, 0.5) is 4.39 Å². The van der Waals surface area contributed by atoms with Gasteiger partial charge in [-0.2, -0.15) is 0 Å². The second-order valence-electron chi connectivity index (χ2n) is 7.48. The number of aromatic nitrogens is 1. The monoisotopic (exact) mass is 483 g/mol. The molecule has 1 heterocycles. The highest BCUT2D eigenvalue weighted by Gasteiger charge is 2.25. The van der Waals surface area contributed by atoms with E-state index in [4.69, 9.17) is 14.2 Å². The van der Waals surface area contributed by atoms with E-state index in [0.717, 1.165) is 29.8 Å². The first-order valence-electron chi connectivity index (χ1n) is 10.2. The largest absolute Gasteiger partial charge is 0.497 e. The van der Waals surface area contributed by atoms with Gasteiger partial charge in [-0.15, -0.1) is 0 Å². The molecule has 34 heavy (non-hydrogen) atoms. The molecule has 0 unspecified atom stereocenters. The second-order valence-corrected chi connectivity index (χ2v) is 9.40. The maximum Gasteiger partial charge on any atom is 0.211 e. The molecule has 0 fully saturated rings. The van der Waals surface area contributed by atoms with Gasteiger partial charge in [-0.1, -0.05) is 12.1 Å². The van der Waals surface area contributed by atoms with Crippen molar-refractivity contribution in [3.63, 3.8) is 0 Å². The Bertz CT molecular complexity index is 1530. The molecule has 7 nitrogen and oxygen atoms in total. The summed E-state index contributed by atoms with van der Waals surface area (Å²) < 4.78 is 57.8. The lowest BCUT2D eigenvalue weighted by Crippen LogP contribution is -2.20. The maximum atomic E-state index is 13.4. The van der Waals surface area contributed by atoms with Gasteiger partial charge < -0.3 is 18.8 Å². The van der Waals surface area contributed by atoms with Crippen molar-refractivity contribution in [2.24, 2.45) is 0 Å². The second kappa shape index (κ2) is 9.18. The average Bonchev–Trinajstić information content (AvgIpc) is 2.85. The van der Waals surface area contributed by atoms with E-state index in [2.05, 4.69) is 0 Å². The lowest BCUT2D eigenvalue weighted by molar-refractivity contribution is 0.355. The molecule has 3 aromatic carbocycles. The van der Waals surface area contributed by atoms with E-state index >= 15 is 0 Å². The van der Waals surface area contributed by atoms with Gasteiger partial charge in [-0.3, -0.25) is 4.79 Å². The minimum Gasteiger partial charge on any atom is -0.497 e. The van der Waals surface area contributed by atoms with Crippen LogP contribution in [-0.2, 0) is 16.4 Å². The molecule has 0 aliphatic rings. The standard InChI is InChI=1S/C25H22FNO6S/c1-31-18-6-4-5-16(11-18)14-27-15-24(34(29,30)19-9-7-17(26)8-10-19)25(28)20-12-22(32-2)23(33-3)13-21(20)27/h4-13,15H,14H2,1-3H3. The Hall–Kier alpha value is -3.85. The van der Waals surface area contributed by atoms with Crippen molar-refractivity contribution >= 4 is 20.7 Å². The van der Waals surface area contributed by atoms with E-state index in [1.807, 2.05) is 18.2 Å². The van der Waals surface area contributed by atoms with Gasteiger partial charge in [-0.25, -0.2) is 12.8 Å². The highest BCUT2D eigenvalue weighted by Crippen LogP contribution is 2.32. The number of hydrogen-bond donors (Lipinski definition) is 0. The van der Waals surface area contributed by atoms with Crippen LogP contribution in [-0.4, -0.2) is 34.3 Å². The minimum atomic E-state index is -4.24. The molecule has 0 radical (unpaired) electrons. The molecule has 0 spiro atoms. The number of ether oxygens (including phenoxy) is 3. The summed E-state index contributed by atoms with van der Waals surface area (Å²) in [5, 5.41) is 0.142. The number of sulfone groups is 1. The van der Waals surface area contributed by atoms with Crippen molar-refractivity contribution in [3.8, 4) is 17.2 Å². The molecule has 0 aliphatic carbocycles. The van der Waals surface area contributed by atoms with E-state index in [0.29, 0.717) is 17.0 Å². The van der Waals surface area contributed by atoms with Gasteiger partial charge in [0.25, 0.3) is 0 Å². The van der Waals surface area contributed by atoms with Crippen LogP contribution in [0.1, 0.15) is 5.56 Å². The predicted molar refractivity (Wildman–Crippen MR) is 125 cm³/mol. The van der Waals surface area contributed by atoms with E-state index in [9.17, 15) is 17.6 Å². The van der Waals surface area contributed by atoms with E-state index in [1.165, 1.54) is 26.5 Å². The van der Waals surface area contributed by atoms with Crippen LogP contribution in [0.25, 0.3) is 10.9 Å². The van der Waals surface area contributed by atoms with Crippen LogP contribution in [0, 0.1) is 5.82 Å². The SMILES string of the molecule is COc1cccc(Cn2cc(S(=O)(=O)c3ccc(F)cc3)c(=O)c3cc(OC)c(OC)cc32)c1. The average molecular weight is 484 g/mol. The lowest BCUT2D eigenvalue weighted by atomic mass is 10.1. The van der Waals surface area contributed by atoms with E-state index in [1.54, 1.807) is 23.8 Å². The number of methoxy groups -OCH3 is 3. The topological polar surface area (TPSA) is 83.8 Å². The first kappa shape index (κ1) is 23.3. The minimum absolute atomic E-state index is 0.142. The highest BCUT2D eigenvalue weighted by atomic mass is 32.2. The summed E-state index contributed by atoms with van der Waals surface area (Å²) in [7, 11) is 0.218. The molecule has 176 valence electrons. The van der Waals surface area contributed by atoms with Gasteiger partial charge in [0.2, 0.25) is 15.3 Å². The predicted octanol–water partition coefficient (Wildman–Crippen LogP) is 4.05.